The Kier molecular flexibility index (Phi) is 7.60. The lowest BCUT2D eigenvalue weighted by molar-refractivity contribution is 0.0796. The summed E-state index contributed by atoms with van der Waals surface area (Å²) in [5, 5.41) is 0. The maximum Gasteiger partial charge on any atom is 0.261 e. The van der Waals surface area contributed by atoms with Gasteiger partial charge in [0.1, 0.15) is 0 Å². The molecule has 3 rings (SSSR count). The molecule has 1 N–H and O–H groups in total. The number of likely N-dealkylation sites (N-methyl/N-ethyl adjacent to an activating group) is 1. The second-order valence-electron chi connectivity index (χ2n) is 7.67. The molecule has 3 aromatic carbocycles. The number of ether oxygens (including phenoxy) is 2. The third-order valence-electron chi connectivity index (χ3n) is 5.19. The van der Waals surface area contributed by atoms with Crippen LogP contribution in [0, 0.1) is 6.92 Å². The van der Waals surface area contributed by atoms with E-state index in [1.165, 1.54) is 12.1 Å². The van der Waals surface area contributed by atoms with Gasteiger partial charge in [-0.2, -0.15) is 0 Å². The van der Waals surface area contributed by atoms with Crippen LogP contribution in [0.15, 0.2) is 71.6 Å². The minimum absolute atomic E-state index is 0.0307. The zero-order valence-corrected chi connectivity index (χ0v) is 20.0. The summed E-state index contributed by atoms with van der Waals surface area (Å²) in [6.45, 7) is 2.34. The van der Waals surface area contributed by atoms with Gasteiger partial charge in [-0.1, -0.05) is 24.3 Å². The molecule has 3 aromatic rings. The standard InChI is InChI=1S/C25H28N2O5S/c1-18-7-5-9-21(15-18)26-33(29,30)22-10-6-8-20(17-22)25(28)27(2)14-13-19-11-12-23(31-3)24(16-19)32-4/h5-12,15-17,26H,13-14H2,1-4H3. The molecular formula is C25H28N2O5S. The van der Waals surface area contributed by atoms with Gasteiger partial charge in [-0.25, -0.2) is 8.42 Å². The van der Waals surface area contributed by atoms with E-state index < -0.39 is 10.0 Å². The number of anilines is 1. The van der Waals surface area contributed by atoms with Crippen LogP contribution in [0.5, 0.6) is 11.5 Å². The van der Waals surface area contributed by atoms with Gasteiger partial charge in [0, 0.05) is 24.8 Å². The van der Waals surface area contributed by atoms with E-state index in [-0.39, 0.29) is 10.8 Å². The molecule has 0 bridgehead atoms. The molecule has 0 saturated heterocycles. The molecule has 0 aliphatic carbocycles. The van der Waals surface area contributed by atoms with Crippen LogP contribution in [0.3, 0.4) is 0 Å². The van der Waals surface area contributed by atoms with Crippen LogP contribution in [0.2, 0.25) is 0 Å². The van der Waals surface area contributed by atoms with Crippen LogP contribution in [-0.2, 0) is 16.4 Å². The topological polar surface area (TPSA) is 84.9 Å². The Morgan fingerprint density at radius 3 is 2.36 bits per heavy atom. The van der Waals surface area contributed by atoms with Gasteiger partial charge in [-0.3, -0.25) is 9.52 Å². The fourth-order valence-electron chi connectivity index (χ4n) is 3.37. The van der Waals surface area contributed by atoms with E-state index in [0.717, 1.165) is 11.1 Å². The lowest BCUT2D eigenvalue weighted by Gasteiger charge is -2.18. The maximum absolute atomic E-state index is 12.9. The van der Waals surface area contributed by atoms with Crippen LogP contribution >= 0.6 is 0 Å². The fraction of sp³-hybridized carbons (Fsp3) is 0.240. The van der Waals surface area contributed by atoms with E-state index in [9.17, 15) is 13.2 Å². The number of amides is 1. The number of hydrogen-bond acceptors (Lipinski definition) is 5. The monoisotopic (exact) mass is 468 g/mol. The summed E-state index contributed by atoms with van der Waals surface area (Å²) in [6, 6.07) is 18.8. The van der Waals surface area contributed by atoms with Gasteiger partial charge >= 0.3 is 0 Å². The minimum Gasteiger partial charge on any atom is -0.493 e. The van der Waals surface area contributed by atoms with Crippen molar-refractivity contribution in [1.82, 2.24) is 4.90 Å². The summed E-state index contributed by atoms with van der Waals surface area (Å²) in [7, 11) is 1.02. The highest BCUT2D eigenvalue weighted by molar-refractivity contribution is 7.92. The Morgan fingerprint density at radius 1 is 0.939 bits per heavy atom. The van der Waals surface area contributed by atoms with Crippen molar-refractivity contribution in [2.24, 2.45) is 0 Å². The number of sulfonamides is 1. The first-order valence-corrected chi connectivity index (χ1v) is 11.9. The van der Waals surface area contributed by atoms with Gasteiger partial charge in [0.2, 0.25) is 0 Å². The zero-order chi connectivity index (χ0) is 24.0. The van der Waals surface area contributed by atoms with Crippen molar-refractivity contribution in [3.8, 4) is 11.5 Å². The maximum atomic E-state index is 12.9. The van der Waals surface area contributed by atoms with E-state index in [1.807, 2.05) is 31.2 Å². The highest BCUT2D eigenvalue weighted by atomic mass is 32.2. The molecule has 0 radical (unpaired) electrons. The highest BCUT2D eigenvalue weighted by Gasteiger charge is 2.18. The second-order valence-corrected chi connectivity index (χ2v) is 9.35. The van der Waals surface area contributed by atoms with Gasteiger partial charge in [0.25, 0.3) is 15.9 Å². The smallest absolute Gasteiger partial charge is 0.261 e. The largest absolute Gasteiger partial charge is 0.493 e. The zero-order valence-electron chi connectivity index (χ0n) is 19.2. The quantitative estimate of drug-likeness (QED) is 0.511. The summed E-state index contributed by atoms with van der Waals surface area (Å²) in [5.41, 5.74) is 2.71. The van der Waals surface area contributed by atoms with Crippen molar-refractivity contribution >= 4 is 21.6 Å². The number of rotatable bonds is 9. The van der Waals surface area contributed by atoms with Gasteiger partial charge in [0.15, 0.2) is 11.5 Å². The van der Waals surface area contributed by atoms with Gasteiger partial charge in [-0.15, -0.1) is 0 Å². The van der Waals surface area contributed by atoms with Crippen molar-refractivity contribution in [3.05, 3.63) is 83.4 Å². The SMILES string of the molecule is COc1ccc(CCN(C)C(=O)c2cccc(S(=O)(=O)Nc3cccc(C)c3)c2)cc1OC. The highest BCUT2D eigenvalue weighted by Crippen LogP contribution is 2.27. The molecule has 8 heteroatoms. The second kappa shape index (κ2) is 10.4. The van der Waals surface area contributed by atoms with E-state index in [1.54, 1.807) is 56.5 Å². The molecule has 7 nitrogen and oxygen atoms in total. The number of methoxy groups -OCH3 is 2. The predicted octanol–water partition coefficient (Wildman–Crippen LogP) is 4.13. The fourth-order valence-corrected chi connectivity index (χ4v) is 4.47. The molecule has 0 fully saturated rings. The summed E-state index contributed by atoms with van der Waals surface area (Å²) in [5.74, 6) is 1.01. The van der Waals surface area contributed by atoms with Crippen LogP contribution in [-0.4, -0.2) is 47.0 Å². The third kappa shape index (κ3) is 6.04. The number of nitrogens with one attached hydrogen (secondary N) is 1. The van der Waals surface area contributed by atoms with Gasteiger partial charge < -0.3 is 14.4 Å². The lowest BCUT2D eigenvalue weighted by Crippen LogP contribution is -2.29. The van der Waals surface area contributed by atoms with E-state index >= 15 is 0 Å². The Bertz CT molecular complexity index is 1240. The van der Waals surface area contributed by atoms with Crippen molar-refractivity contribution < 1.29 is 22.7 Å². The van der Waals surface area contributed by atoms with E-state index in [2.05, 4.69) is 4.72 Å². The number of carbonyl (C=O) groups is 1. The first-order valence-electron chi connectivity index (χ1n) is 10.4. The van der Waals surface area contributed by atoms with E-state index in [4.69, 9.17) is 9.47 Å². The van der Waals surface area contributed by atoms with E-state index in [0.29, 0.717) is 35.7 Å². The molecule has 1 amide bonds. The number of aryl methyl sites for hydroxylation is 1. The van der Waals surface area contributed by atoms with Crippen LogP contribution < -0.4 is 14.2 Å². The third-order valence-corrected chi connectivity index (χ3v) is 6.57. The average Bonchev–Trinajstić information content (AvgIpc) is 2.81. The summed E-state index contributed by atoms with van der Waals surface area (Å²) in [6.07, 6.45) is 0.607. The lowest BCUT2D eigenvalue weighted by atomic mass is 10.1. The molecule has 0 aromatic heterocycles. The van der Waals surface area contributed by atoms with Gasteiger partial charge in [0.05, 0.1) is 19.1 Å². The Hall–Kier alpha value is -3.52. The van der Waals surface area contributed by atoms with Crippen LogP contribution in [0.1, 0.15) is 21.5 Å². The number of nitrogens with zero attached hydrogens (tertiary/aromatic N) is 1. The van der Waals surface area contributed by atoms with Crippen LogP contribution in [0.4, 0.5) is 5.69 Å². The predicted molar refractivity (Wildman–Crippen MR) is 129 cm³/mol. The molecule has 0 unspecified atom stereocenters. The number of benzene rings is 3. The molecule has 0 heterocycles. The van der Waals surface area contributed by atoms with Crippen molar-refractivity contribution in [3.63, 3.8) is 0 Å². The van der Waals surface area contributed by atoms with Crippen molar-refractivity contribution in [1.29, 1.82) is 0 Å². The first kappa shape index (κ1) is 24.1. The summed E-state index contributed by atoms with van der Waals surface area (Å²) in [4.78, 5) is 14.5. The van der Waals surface area contributed by atoms with Crippen LogP contribution in [0.25, 0.3) is 0 Å². The van der Waals surface area contributed by atoms with Crippen molar-refractivity contribution in [2.75, 3.05) is 32.5 Å². The Balaban J connectivity index is 1.70. The first-order chi connectivity index (χ1) is 15.7. The normalized spacial score (nSPS) is 11.0. The summed E-state index contributed by atoms with van der Waals surface area (Å²) < 4.78 is 38.8. The summed E-state index contributed by atoms with van der Waals surface area (Å²) >= 11 is 0. The van der Waals surface area contributed by atoms with Gasteiger partial charge in [-0.05, 0) is 66.9 Å². The minimum atomic E-state index is -3.83. The number of carbonyl (C=O) groups excluding carboxylic acids is 1. The Labute approximate surface area is 195 Å². The molecule has 0 saturated carbocycles. The Morgan fingerprint density at radius 2 is 1.67 bits per heavy atom. The molecule has 0 spiro atoms. The molecule has 174 valence electrons. The molecular weight excluding hydrogens is 440 g/mol. The average molecular weight is 469 g/mol. The molecule has 0 atom stereocenters. The number of hydrogen-bond donors (Lipinski definition) is 1. The molecule has 33 heavy (non-hydrogen) atoms. The molecule has 0 aliphatic heterocycles. The molecule has 0 aliphatic rings. The van der Waals surface area contributed by atoms with Crippen molar-refractivity contribution in [2.45, 2.75) is 18.2 Å².